The Kier molecular flexibility index (Phi) is 2.30. The number of aromatic nitrogens is 4. The van der Waals surface area contributed by atoms with E-state index in [0.29, 0.717) is 11.2 Å². The monoisotopic (exact) mass is 250 g/mol. The normalized spacial score (nSPS) is 19.5. The minimum Gasteiger partial charge on any atom is -0.508 e. The van der Waals surface area contributed by atoms with Crippen molar-refractivity contribution >= 4 is 11.2 Å². The van der Waals surface area contributed by atoms with Crippen LogP contribution in [-0.4, -0.2) is 36.3 Å². The summed E-state index contributed by atoms with van der Waals surface area (Å²) < 4.78 is 6.61. The van der Waals surface area contributed by atoms with Crippen LogP contribution in [0.2, 0.25) is 0 Å². The van der Waals surface area contributed by atoms with Gasteiger partial charge >= 0.3 is 5.69 Å². The molecule has 0 aliphatic carbocycles. The van der Waals surface area contributed by atoms with E-state index in [-0.39, 0.29) is 17.9 Å². The quantitative estimate of drug-likeness (QED) is 0.680. The lowest BCUT2D eigenvalue weighted by Crippen LogP contribution is -2.22. The Morgan fingerprint density at radius 2 is 2.44 bits per heavy atom. The highest BCUT2D eigenvalue weighted by Crippen LogP contribution is 2.30. The molecule has 8 nitrogen and oxygen atoms in total. The molecule has 0 amide bonds. The van der Waals surface area contributed by atoms with Crippen molar-refractivity contribution in [3.8, 4) is 0 Å². The van der Waals surface area contributed by atoms with Crippen LogP contribution in [-0.2, 0) is 4.74 Å². The molecule has 1 aliphatic rings. The largest absolute Gasteiger partial charge is 0.508 e. The van der Waals surface area contributed by atoms with Crippen LogP contribution in [0.4, 0.5) is 0 Å². The average molecular weight is 250 g/mol. The zero-order chi connectivity index (χ0) is 12.7. The summed E-state index contributed by atoms with van der Waals surface area (Å²) in [5, 5.41) is 18.5. The van der Waals surface area contributed by atoms with Gasteiger partial charge in [-0.15, -0.1) is 0 Å². The summed E-state index contributed by atoms with van der Waals surface area (Å²) in [6, 6.07) is 0. The van der Waals surface area contributed by atoms with Gasteiger partial charge < -0.3 is 19.9 Å². The highest BCUT2D eigenvalue weighted by molar-refractivity contribution is 5.68. The minimum absolute atomic E-state index is 0.0576. The van der Waals surface area contributed by atoms with E-state index < -0.39 is 18.5 Å². The standard InChI is InChI=1S/C10H10N4O4/c15-3-7-6(16)1-8(18-7)14-9-5(13-10(14)17)2-11-4-12-9/h2,4,8,15-16H,1,3H2,(H,13,17)/t8-/m1/s1. The Balaban J connectivity index is 2.07. The minimum atomic E-state index is -0.705. The van der Waals surface area contributed by atoms with Crippen molar-refractivity contribution < 1.29 is 14.9 Å². The lowest BCUT2D eigenvalue weighted by molar-refractivity contribution is 0.0633. The fourth-order valence-corrected chi connectivity index (χ4v) is 1.97. The van der Waals surface area contributed by atoms with E-state index in [0.717, 1.165) is 0 Å². The van der Waals surface area contributed by atoms with E-state index in [9.17, 15) is 9.90 Å². The van der Waals surface area contributed by atoms with E-state index in [1.54, 1.807) is 0 Å². The molecule has 0 saturated carbocycles. The zero-order valence-corrected chi connectivity index (χ0v) is 9.20. The van der Waals surface area contributed by atoms with Gasteiger partial charge in [0.1, 0.15) is 24.2 Å². The van der Waals surface area contributed by atoms with Crippen LogP contribution < -0.4 is 5.69 Å². The van der Waals surface area contributed by atoms with E-state index in [1.165, 1.54) is 17.1 Å². The lowest BCUT2D eigenvalue weighted by Gasteiger charge is -2.12. The van der Waals surface area contributed by atoms with Gasteiger partial charge in [0.05, 0.1) is 12.6 Å². The molecule has 2 aromatic heterocycles. The molecule has 18 heavy (non-hydrogen) atoms. The summed E-state index contributed by atoms with van der Waals surface area (Å²) in [6.07, 6.45) is 2.21. The van der Waals surface area contributed by atoms with Gasteiger partial charge in [-0.3, -0.25) is 0 Å². The number of rotatable bonds is 2. The molecule has 0 saturated heterocycles. The molecule has 3 rings (SSSR count). The summed E-state index contributed by atoms with van der Waals surface area (Å²) >= 11 is 0. The third kappa shape index (κ3) is 1.46. The number of aliphatic hydroxyl groups is 2. The number of imidazole rings is 1. The second kappa shape index (κ2) is 3.84. The lowest BCUT2D eigenvalue weighted by atomic mass is 10.3. The molecular weight excluding hydrogens is 240 g/mol. The number of aromatic amines is 1. The maximum atomic E-state index is 11.8. The molecule has 0 radical (unpaired) electrons. The molecule has 3 heterocycles. The van der Waals surface area contributed by atoms with Crippen LogP contribution in [0.1, 0.15) is 12.6 Å². The molecule has 0 aromatic carbocycles. The Hall–Kier alpha value is -2.35. The Morgan fingerprint density at radius 3 is 3.17 bits per heavy atom. The molecule has 8 heteroatoms. The predicted octanol–water partition coefficient (Wildman–Crippen LogP) is -0.200. The van der Waals surface area contributed by atoms with Gasteiger partial charge in [-0.1, -0.05) is 0 Å². The number of fused-ring (bicyclic) bond motifs is 1. The number of ether oxygens (including phenoxy) is 1. The predicted molar refractivity (Wildman–Crippen MR) is 59.6 cm³/mol. The molecule has 2 aromatic rings. The second-order valence-corrected chi connectivity index (χ2v) is 3.86. The van der Waals surface area contributed by atoms with E-state index in [2.05, 4.69) is 15.0 Å². The van der Waals surface area contributed by atoms with E-state index in [4.69, 9.17) is 9.84 Å². The van der Waals surface area contributed by atoms with Crippen molar-refractivity contribution in [2.45, 2.75) is 12.6 Å². The molecule has 3 N–H and O–H groups in total. The maximum Gasteiger partial charge on any atom is 0.330 e. The molecule has 0 unspecified atom stereocenters. The first-order valence-electron chi connectivity index (χ1n) is 5.29. The molecule has 1 atom stereocenters. The molecule has 0 fully saturated rings. The van der Waals surface area contributed by atoms with Gasteiger partial charge in [-0.2, -0.15) is 0 Å². The highest BCUT2D eigenvalue weighted by atomic mass is 16.5. The Labute approximate surface area is 100 Å². The number of hydrogen-bond donors (Lipinski definition) is 3. The summed E-state index contributed by atoms with van der Waals surface area (Å²) in [7, 11) is 0. The van der Waals surface area contributed by atoms with Crippen molar-refractivity contribution in [3.63, 3.8) is 0 Å². The first kappa shape index (κ1) is 10.8. The van der Waals surface area contributed by atoms with Gasteiger partial charge in [0.15, 0.2) is 17.6 Å². The van der Waals surface area contributed by atoms with Crippen molar-refractivity contribution in [3.05, 3.63) is 34.5 Å². The third-order valence-corrected chi connectivity index (χ3v) is 2.78. The van der Waals surface area contributed by atoms with Crippen LogP contribution in [0.15, 0.2) is 28.8 Å². The van der Waals surface area contributed by atoms with Gasteiger partial charge in [-0.05, 0) is 0 Å². The van der Waals surface area contributed by atoms with Crippen LogP contribution in [0.5, 0.6) is 0 Å². The van der Waals surface area contributed by atoms with Crippen LogP contribution >= 0.6 is 0 Å². The first-order valence-corrected chi connectivity index (χ1v) is 5.29. The maximum absolute atomic E-state index is 11.8. The van der Waals surface area contributed by atoms with Gasteiger partial charge in [0.25, 0.3) is 0 Å². The smallest absolute Gasteiger partial charge is 0.330 e. The SMILES string of the molecule is O=c1[nH]c2cncnc2n1[C@H]1CC(O)=C(CO)O1. The van der Waals surface area contributed by atoms with E-state index >= 15 is 0 Å². The number of aliphatic hydroxyl groups excluding tert-OH is 2. The third-order valence-electron chi connectivity index (χ3n) is 2.78. The first-order chi connectivity index (χ1) is 8.70. The van der Waals surface area contributed by atoms with Crippen LogP contribution in [0, 0.1) is 0 Å². The van der Waals surface area contributed by atoms with Gasteiger partial charge in [0.2, 0.25) is 0 Å². The molecule has 0 spiro atoms. The highest BCUT2D eigenvalue weighted by Gasteiger charge is 2.29. The van der Waals surface area contributed by atoms with E-state index in [1.807, 2.05) is 0 Å². The average Bonchev–Trinajstić information content (AvgIpc) is 2.88. The Bertz CT molecular complexity index is 686. The molecule has 0 bridgehead atoms. The second-order valence-electron chi connectivity index (χ2n) is 3.86. The van der Waals surface area contributed by atoms with Gasteiger partial charge in [-0.25, -0.2) is 19.3 Å². The summed E-state index contributed by atoms with van der Waals surface area (Å²) in [4.78, 5) is 22.2. The summed E-state index contributed by atoms with van der Waals surface area (Å²) in [6.45, 7) is -0.408. The fraction of sp³-hybridized carbons (Fsp3) is 0.300. The van der Waals surface area contributed by atoms with Gasteiger partial charge in [0, 0.05) is 0 Å². The summed E-state index contributed by atoms with van der Waals surface area (Å²) in [5.41, 5.74) is 0.484. The van der Waals surface area contributed by atoms with Crippen molar-refractivity contribution in [2.24, 2.45) is 0 Å². The Morgan fingerprint density at radius 1 is 1.61 bits per heavy atom. The number of H-pyrrole nitrogens is 1. The molecule has 94 valence electrons. The number of nitrogens with zero attached hydrogens (tertiary/aromatic N) is 3. The van der Waals surface area contributed by atoms with Crippen molar-refractivity contribution in [1.29, 1.82) is 0 Å². The van der Waals surface area contributed by atoms with Crippen molar-refractivity contribution in [2.75, 3.05) is 6.61 Å². The van der Waals surface area contributed by atoms with Crippen LogP contribution in [0.25, 0.3) is 11.2 Å². The number of nitrogens with one attached hydrogen (secondary N) is 1. The topological polar surface area (TPSA) is 113 Å². The summed E-state index contributed by atoms with van der Waals surface area (Å²) in [5.74, 6) is 0.0214. The molecular formula is C10H10N4O4. The molecule has 1 aliphatic heterocycles. The van der Waals surface area contributed by atoms with Crippen molar-refractivity contribution in [1.82, 2.24) is 19.5 Å². The zero-order valence-electron chi connectivity index (χ0n) is 9.20. The fourth-order valence-electron chi connectivity index (χ4n) is 1.97. The van der Waals surface area contributed by atoms with Crippen LogP contribution in [0.3, 0.4) is 0 Å². The number of hydrogen-bond acceptors (Lipinski definition) is 6.